The van der Waals surface area contributed by atoms with E-state index in [1.165, 1.54) is 9.78 Å². The van der Waals surface area contributed by atoms with Crippen LogP contribution in [0.1, 0.15) is 17.4 Å². The maximum absolute atomic E-state index is 12.8. The van der Waals surface area contributed by atoms with Crippen molar-refractivity contribution >= 4 is 46.3 Å². The van der Waals surface area contributed by atoms with Gasteiger partial charge in [0.2, 0.25) is 0 Å². The summed E-state index contributed by atoms with van der Waals surface area (Å²) in [6, 6.07) is 6.24. The first-order chi connectivity index (χ1) is 12.2. The van der Waals surface area contributed by atoms with Gasteiger partial charge in [-0.25, -0.2) is 0 Å². The lowest BCUT2D eigenvalue weighted by atomic mass is 10.1. The van der Waals surface area contributed by atoms with Crippen LogP contribution >= 0.6 is 22.7 Å². The zero-order valence-electron chi connectivity index (χ0n) is 13.2. The highest BCUT2D eigenvalue weighted by molar-refractivity contribution is 7.22. The van der Waals surface area contributed by atoms with Gasteiger partial charge in [0, 0.05) is 28.4 Å². The molecule has 2 amide bonds. The summed E-state index contributed by atoms with van der Waals surface area (Å²) < 4.78 is 0. The van der Waals surface area contributed by atoms with Crippen molar-refractivity contribution in [3.63, 3.8) is 0 Å². The third-order valence-corrected chi connectivity index (χ3v) is 6.59. The first kappa shape index (κ1) is 14.6. The summed E-state index contributed by atoms with van der Waals surface area (Å²) in [4.78, 5) is 31.9. The average molecular weight is 364 g/mol. The van der Waals surface area contributed by atoms with Crippen LogP contribution in [0.5, 0.6) is 0 Å². The minimum Gasteiger partial charge on any atom is -0.290 e. The van der Waals surface area contributed by atoms with E-state index in [4.69, 9.17) is 0 Å². The second-order valence-corrected chi connectivity index (χ2v) is 7.82. The van der Waals surface area contributed by atoms with Crippen molar-refractivity contribution < 1.29 is 9.59 Å². The molecule has 0 spiro atoms. The van der Waals surface area contributed by atoms with Crippen LogP contribution in [0.15, 0.2) is 59.4 Å². The molecule has 0 fully saturated rings. The van der Waals surface area contributed by atoms with E-state index < -0.39 is 0 Å². The van der Waals surface area contributed by atoms with Crippen molar-refractivity contribution in [3.05, 3.63) is 69.8 Å². The van der Waals surface area contributed by atoms with Crippen molar-refractivity contribution in [1.82, 2.24) is 9.80 Å². The highest BCUT2D eigenvalue weighted by atomic mass is 32.1. The Morgan fingerprint density at radius 1 is 1.16 bits per heavy atom. The Hall–Kier alpha value is -2.70. The van der Waals surface area contributed by atoms with Gasteiger partial charge in [0.15, 0.2) is 0 Å². The van der Waals surface area contributed by atoms with Crippen molar-refractivity contribution in [2.45, 2.75) is 6.92 Å². The van der Waals surface area contributed by atoms with Crippen LogP contribution in [0, 0.1) is 0 Å². The topological polar surface area (TPSA) is 40.6 Å². The highest BCUT2D eigenvalue weighted by Gasteiger charge is 2.45. The summed E-state index contributed by atoms with van der Waals surface area (Å²) in [6.07, 6.45) is 8.82. The summed E-state index contributed by atoms with van der Waals surface area (Å²) in [7, 11) is 0. The molecular weight excluding hydrogens is 352 g/mol. The maximum atomic E-state index is 12.8. The van der Waals surface area contributed by atoms with Crippen LogP contribution in [0.25, 0.3) is 21.5 Å². The third-order valence-electron chi connectivity index (χ3n) is 4.37. The molecule has 2 aromatic rings. The predicted molar refractivity (Wildman–Crippen MR) is 100 cm³/mol. The van der Waals surface area contributed by atoms with Gasteiger partial charge in [0.05, 0.1) is 21.7 Å². The molecule has 2 aromatic heterocycles. The van der Waals surface area contributed by atoms with E-state index in [-0.39, 0.29) is 11.8 Å². The van der Waals surface area contributed by atoms with Gasteiger partial charge in [0.1, 0.15) is 0 Å². The van der Waals surface area contributed by atoms with Crippen LogP contribution in [0.4, 0.5) is 0 Å². The van der Waals surface area contributed by atoms with Gasteiger partial charge in [-0.05, 0) is 36.1 Å². The molecule has 0 aromatic carbocycles. The lowest BCUT2D eigenvalue weighted by molar-refractivity contribution is -0.122. The minimum atomic E-state index is -0.147. The molecular formula is C19H12N2O2S2. The van der Waals surface area contributed by atoms with Crippen LogP contribution < -0.4 is 0 Å². The standard InChI is InChI=1S/C19H12N2O2S2/c1-2-6-20-10-12-15(19(20)23)16-17-11(5-7-21(16)18(12)22)9-14(25-17)13-4-3-8-24-13/h2-10H,1H3/b6-2-. The number of carbonyl (C=O) groups excluding carboxylic acids is 2. The van der Waals surface area contributed by atoms with Crippen LogP contribution in [0.2, 0.25) is 0 Å². The van der Waals surface area contributed by atoms with E-state index in [2.05, 4.69) is 12.1 Å². The van der Waals surface area contributed by atoms with E-state index in [1.54, 1.807) is 52.2 Å². The average Bonchev–Trinajstić information content (AvgIpc) is 3.35. The number of carbonyl (C=O) groups is 2. The van der Waals surface area contributed by atoms with Crippen molar-refractivity contribution in [2.75, 3.05) is 0 Å². The molecule has 3 aliphatic rings. The van der Waals surface area contributed by atoms with Gasteiger partial charge in [-0.1, -0.05) is 12.1 Å². The Balaban J connectivity index is 1.71. The lowest BCUT2D eigenvalue weighted by Crippen LogP contribution is -2.22. The zero-order valence-corrected chi connectivity index (χ0v) is 14.9. The minimum absolute atomic E-state index is 0.140. The van der Waals surface area contributed by atoms with Gasteiger partial charge in [-0.15, -0.1) is 22.7 Å². The van der Waals surface area contributed by atoms with E-state index in [0.29, 0.717) is 11.1 Å². The van der Waals surface area contributed by atoms with E-state index in [9.17, 15) is 9.59 Å². The molecule has 5 heterocycles. The van der Waals surface area contributed by atoms with Crippen LogP contribution in [0.3, 0.4) is 0 Å². The lowest BCUT2D eigenvalue weighted by Gasteiger charge is -2.20. The molecule has 0 saturated heterocycles. The smallest absolute Gasteiger partial charge is 0.264 e. The molecule has 0 saturated carbocycles. The molecule has 0 atom stereocenters. The summed E-state index contributed by atoms with van der Waals surface area (Å²) in [5.41, 5.74) is 2.76. The quantitative estimate of drug-likeness (QED) is 0.798. The number of rotatable bonds is 2. The van der Waals surface area contributed by atoms with E-state index >= 15 is 0 Å². The molecule has 0 aliphatic carbocycles. The maximum Gasteiger partial charge on any atom is 0.264 e. The van der Waals surface area contributed by atoms with Crippen molar-refractivity contribution in [1.29, 1.82) is 0 Å². The number of thiophene rings is 2. The largest absolute Gasteiger partial charge is 0.290 e. The molecule has 122 valence electrons. The second-order valence-electron chi connectivity index (χ2n) is 5.82. The molecule has 0 bridgehead atoms. The monoisotopic (exact) mass is 364 g/mol. The number of fused-ring (bicyclic) bond motifs is 4. The van der Waals surface area contributed by atoms with Gasteiger partial charge < -0.3 is 0 Å². The molecule has 6 heteroatoms. The SMILES string of the molecule is C/C=C\N1C=C2C(=O)N3C=Cc4cc(-c5cccs5)sc4C3=C2C1=O. The van der Waals surface area contributed by atoms with E-state index in [0.717, 1.165) is 21.0 Å². The Bertz CT molecular complexity index is 1050. The summed E-state index contributed by atoms with van der Waals surface area (Å²) in [5.74, 6) is -0.287. The molecule has 0 radical (unpaired) electrons. The number of allylic oxidation sites excluding steroid dienone is 1. The Morgan fingerprint density at radius 2 is 2.04 bits per heavy atom. The molecule has 0 N–H and O–H groups in total. The number of amides is 2. The first-order valence-electron chi connectivity index (χ1n) is 7.81. The fourth-order valence-corrected chi connectivity index (χ4v) is 5.32. The third kappa shape index (κ3) is 1.92. The van der Waals surface area contributed by atoms with E-state index in [1.807, 2.05) is 24.4 Å². The Labute approximate surface area is 152 Å². The normalized spacial score (nSPS) is 18.4. The van der Waals surface area contributed by atoms with Gasteiger partial charge in [0.25, 0.3) is 11.8 Å². The summed E-state index contributed by atoms with van der Waals surface area (Å²) >= 11 is 3.31. The second kappa shape index (κ2) is 5.15. The number of hydrogen-bond donors (Lipinski definition) is 0. The van der Waals surface area contributed by atoms with Crippen LogP contribution in [-0.2, 0) is 9.59 Å². The highest BCUT2D eigenvalue weighted by Crippen LogP contribution is 2.48. The zero-order chi connectivity index (χ0) is 17.1. The van der Waals surface area contributed by atoms with Gasteiger partial charge >= 0.3 is 0 Å². The Kier molecular flexibility index (Phi) is 3.01. The van der Waals surface area contributed by atoms with Gasteiger partial charge in [-0.3, -0.25) is 19.4 Å². The molecule has 4 nitrogen and oxygen atoms in total. The molecule has 5 rings (SSSR count). The first-order valence-corrected chi connectivity index (χ1v) is 9.50. The Morgan fingerprint density at radius 3 is 2.80 bits per heavy atom. The van der Waals surface area contributed by atoms with Crippen LogP contribution in [-0.4, -0.2) is 21.6 Å². The van der Waals surface area contributed by atoms with Crippen molar-refractivity contribution in [3.8, 4) is 9.75 Å². The van der Waals surface area contributed by atoms with Crippen molar-refractivity contribution in [2.24, 2.45) is 0 Å². The summed E-state index contributed by atoms with van der Waals surface area (Å²) in [6.45, 7) is 1.85. The molecule has 3 aliphatic heterocycles. The fraction of sp³-hybridized carbons (Fsp3) is 0.0526. The van der Waals surface area contributed by atoms with Gasteiger partial charge in [-0.2, -0.15) is 0 Å². The fourth-order valence-electron chi connectivity index (χ4n) is 3.29. The predicted octanol–water partition coefficient (Wildman–Crippen LogP) is 4.27. The number of nitrogens with zero attached hydrogens (tertiary/aromatic N) is 2. The molecule has 0 unspecified atom stereocenters. The molecule has 25 heavy (non-hydrogen) atoms. The summed E-state index contributed by atoms with van der Waals surface area (Å²) in [5, 5.41) is 2.05. The number of hydrogen-bond acceptors (Lipinski definition) is 4.